The van der Waals surface area contributed by atoms with Crippen molar-refractivity contribution in [3.63, 3.8) is 0 Å². The third-order valence-electron chi connectivity index (χ3n) is 3.92. The van der Waals surface area contributed by atoms with Gasteiger partial charge in [-0.1, -0.05) is 65.1 Å². The normalized spacial score (nSPS) is 11.0. The van der Waals surface area contributed by atoms with Crippen molar-refractivity contribution in [3.8, 4) is 11.5 Å². The number of carbonyl (C=O) groups is 1. The smallest absolute Gasteiger partial charge is 0.277 e. The van der Waals surface area contributed by atoms with Gasteiger partial charge in [-0.05, 0) is 35.9 Å². The molecule has 5 nitrogen and oxygen atoms in total. The highest BCUT2D eigenvalue weighted by Crippen LogP contribution is 2.35. The summed E-state index contributed by atoms with van der Waals surface area (Å²) in [6.45, 7) is 2.11. The molecule has 3 aromatic rings. The van der Waals surface area contributed by atoms with Crippen LogP contribution in [0.2, 0.25) is 15.1 Å². The topological polar surface area (TPSA) is 59.9 Å². The zero-order valence-corrected chi connectivity index (χ0v) is 17.7. The third-order valence-corrected chi connectivity index (χ3v) is 4.70. The summed E-state index contributed by atoms with van der Waals surface area (Å²) in [4.78, 5) is 12.1. The zero-order chi connectivity index (χ0) is 20.8. The molecule has 0 heterocycles. The Kier molecular flexibility index (Phi) is 7.20. The van der Waals surface area contributed by atoms with E-state index in [1.165, 1.54) is 12.1 Å². The molecule has 3 rings (SSSR count). The lowest BCUT2D eigenvalue weighted by atomic mass is 10.0. The lowest BCUT2D eigenvalue weighted by molar-refractivity contribution is -0.123. The molecular weight excluding hydrogens is 435 g/mol. The standard InChI is InChI=1S/C21H17Cl3N2O3/c1-2-28-19-8-7-13-5-3-4-6-15(13)16(19)11-25-26-20(27)12-29-21-17(23)9-14(22)10-18(21)24/h3-11H,2,12H2,1H3,(H,26,27)/b25-11+. The summed E-state index contributed by atoms with van der Waals surface area (Å²) in [5.74, 6) is 0.395. The van der Waals surface area contributed by atoms with Crippen LogP contribution in [0.5, 0.6) is 11.5 Å². The van der Waals surface area contributed by atoms with Gasteiger partial charge in [0.15, 0.2) is 12.4 Å². The highest BCUT2D eigenvalue weighted by molar-refractivity contribution is 6.40. The number of halogens is 3. The molecule has 0 aliphatic carbocycles. The van der Waals surface area contributed by atoms with Gasteiger partial charge in [0.2, 0.25) is 0 Å². The molecule has 1 amide bonds. The molecule has 29 heavy (non-hydrogen) atoms. The molecule has 0 aliphatic heterocycles. The van der Waals surface area contributed by atoms with Crippen LogP contribution in [0.15, 0.2) is 53.6 Å². The van der Waals surface area contributed by atoms with E-state index < -0.39 is 5.91 Å². The maximum absolute atomic E-state index is 12.1. The van der Waals surface area contributed by atoms with E-state index >= 15 is 0 Å². The molecule has 0 unspecified atom stereocenters. The van der Waals surface area contributed by atoms with Gasteiger partial charge in [0, 0.05) is 10.6 Å². The molecule has 150 valence electrons. The van der Waals surface area contributed by atoms with Gasteiger partial charge in [-0.25, -0.2) is 5.43 Å². The SMILES string of the molecule is CCOc1ccc2ccccc2c1/C=N/NC(=O)COc1c(Cl)cc(Cl)cc1Cl. The number of amides is 1. The van der Waals surface area contributed by atoms with Gasteiger partial charge in [-0.2, -0.15) is 5.10 Å². The molecule has 0 radical (unpaired) electrons. The van der Waals surface area contributed by atoms with Gasteiger partial charge in [0.1, 0.15) is 5.75 Å². The third kappa shape index (κ3) is 5.32. The fourth-order valence-electron chi connectivity index (χ4n) is 2.70. The number of hydrogen-bond acceptors (Lipinski definition) is 4. The van der Waals surface area contributed by atoms with Crippen molar-refractivity contribution >= 4 is 57.7 Å². The Morgan fingerprint density at radius 3 is 2.52 bits per heavy atom. The minimum atomic E-state index is -0.471. The molecule has 0 bridgehead atoms. The number of fused-ring (bicyclic) bond motifs is 1. The summed E-state index contributed by atoms with van der Waals surface area (Å²) >= 11 is 17.9. The molecule has 8 heteroatoms. The Morgan fingerprint density at radius 1 is 1.07 bits per heavy atom. The van der Waals surface area contributed by atoms with Crippen molar-refractivity contribution in [3.05, 3.63) is 69.2 Å². The lowest BCUT2D eigenvalue weighted by Gasteiger charge is -2.11. The van der Waals surface area contributed by atoms with E-state index in [-0.39, 0.29) is 22.4 Å². The fraction of sp³-hybridized carbons (Fsp3) is 0.143. The van der Waals surface area contributed by atoms with Crippen molar-refractivity contribution in [2.75, 3.05) is 13.2 Å². The molecule has 0 aromatic heterocycles. The van der Waals surface area contributed by atoms with Gasteiger partial charge in [-0.3, -0.25) is 4.79 Å². The predicted octanol–water partition coefficient (Wildman–Crippen LogP) is 5.73. The van der Waals surface area contributed by atoms with Gasteiger partial charge < -0.3 is 9.47 Å². The highest BCUT2D eigenvalue weighted by atomic mass is 35.5. The Hall–Kier alpha value is -2.47. The number of benzene rings is 3. The Balaban J connectivity index is 1.70. The first kappa shape index (κ1) is 21.2. The minimum absolute atomic E-state index is 0.185. The van der Waals surface area contributed by atoms with Crippen molar-refractivity contribution < 1.29 is 14.3 Å². The van der Waals surface area contributed by atoms with Gasteiger partial charge in [0.25, 0.3) is 5.91 Å². The molecule has 0 fully saturated rings. The highest BCUT2D eigenvalue weighted by Gasteiger charge is 2.11. The molecular formula is C21H17Cl3N2O3. The quantitative estimate of drug-likeness (QED) is 0.369. The first-order valence-corrected chi connectivity index (χ1v) is 9.86. The van der Waals surface area contributed by atoms with E-state index in [9.17, 15) is 4.79 Å². The van der Waals surface area contributed by atoms with Crippen LogP contribution in [0.4, 0.5) is 0 Å². The number of rotatable bonds is 7. The van der Waals surface area contributed by atoms with Gasteiger partial charge in [0.05, 0.1) is 22.9 Å². The summed E-state index contributed by atoms with van der Waals surface area (Å²) in [5.41, 5.74) is 3.20. The Morgan fingerprint density at radius 2 is 1.79 bits per heavy atom. The average Bonchev–Trinajstić information content (AvgIpc) is 2.68. The maximum atomic E-state index is 12.1. The molecule has 0 spiro atoms. The second-order valence-corrected chi connectivity index (χ2v) is 7.16. The van der Waals surface area contributed by atoms with Crippen LogP contribution in [0.1, 0.15) is 12.5 Å². The van der Waals surface area contributed by atoms with E-state index in [4.69, 9.17) is 44.3 Å². The largest absolute Gasteiger partial charge is 0.493 e. The number of carbonyl (C=O) groups excluding carboxylic acids is 1. The number of nitrogens with one attached hydrogen (secondary N) is 1. The van der Waals surface area contributed by atoms with Crippen LogP contribution >= 0.6 is 34.8 Å². The maximum Gasteiger partial charge on any atom is 0.277 e. The molecule has 3 aromatic carbocycles. The Bertz CT molecular complexity index is 1050. The summed E-state index contributed by atoms with van der Waals surface area (Å²) in [5, 5.41) is 6.85. The second-order valence-electron chi connectivity index (χ2n) is 5.91. The van der Waals surface area contributed by atoms with Crippen molar-refractivity contribution in [1.29, 1.82) is 0 Å². The van der Waals surface area contributed by atoms with Gasteiger partial charge in [-0.15, -0.1) is 0 Å². The van der Waals surface area contributed by atoms with Crippen LogP contribution in [0, 0.1) is 0 Å². The summed E-state index contributed by atoms with van der Waals surface area (Å²) < 4.78 is 11.1. The monoisotopic (exact) mass is 450 g/mol. The van der Waals surface area contributed by atoms with Crippen LogP contribution in [0.3, 0.4) is 0 Å². The second kappa shape index (κ2) is 9.83. The van der Waals surface area contributed by atoms with Crippen LogP contribution in [0.25, 0.3) is 10.8 Å². The van der Waals surface area contributed by atoms with Crippen molar-refractivity contribution in [1.82, 2.24) is 5.43 Å². The first-order chi connectivity index (χ1) is 14.0. The predicted molar refractivity (Wildman–Crippen MR) is 118 cm³/mol. The van der Waals surface area contributed by atoms with E-state index in [0.29, 0.717) is 17.4 Å². The summed E-state index contributed by atoms with van der Waals surface area (Å²) in [6, 6.07) is 14.7. The van der Waals surface area contributed by atoms with Gasteiger partial charge >= 0.3 is 0 Å². The summed E-state index contributed by atoms with van der Waals surface area (Å²) in [6.07, 6.45) is 1.55. The summed E-state index contributed by atoms with van der Waals surface area (Å²) in [7, 11) is 0. The molecule has 0 atom stereocenters. The van der Waals surface area contributed by atoms with Crippen molar-refractivity contribution in [2.45, 2.75) is 6.92 Å². The number of hydrazone groups is 1. The minimum Gasteiger partial charge on any atom is -0.493 e. The van der Waals surface area contributed by atoms with Crippen molar-refractivity contribution in [2.24, 2.45) is 5.10 Å². The molecule has 0 saturated heterocycles. The first-order valence-electron chi connectivity index (χ1n) is 8.73. The molecule has 1 N–H and O–H groups in total. The van der Waals surface area contributed by atoms with Crippen LogP contribution in [-0.2, 0) is 4.79 Å². The fourth-order valence-corrected chi connectivity index (χ4v) is 3.62. The van der Waals surface area contributed by atoms with E-state index in [1.54, 1.807) is 6.21 Å². The molecule has 0 saturated carbocycles. The zero-order valence-electron chi connectivity index (χ0n) is 15.4. The number of nitrogens with zero attached hydrogens (tertiary/aromatic N) is 1. The Labute approximate surface area is 183 Å². The van der Waals surface area contributed by atoms with Crippen LogP contribution < -0.4 is 14.9 Å². The lowest BCUT2D eigenvalue weighted by Crippen LogP contribution is -2.24. The average molecular weight is 452 g/mol. The van der Waals surface area contributed by atoms with E-state index in [1.807, 2.05) is 43.3 Å². The van der Waals surface area contributed by atoms with E-state index in [0.717, 1.165) is 16.3 Å². The van der Waals surface area contributed by atoms with E-state index in [2.05, 4.69) is 10.5 Å². The van der Waals surface area contributed by atoms with Crippen LogP contribution in [-0.4, -0.2) is 25.3 Å². The molecule has 0 aliphatic rings. The number of hydrogen-bond donors (Lipinski definition) is 1. The number of ether oxygens (including phenoxy) is 2.